The molecule has 6 nitrogen and oxygen atoms in total. The second-order valence-corrected chi connectivity index (χ2v) is 6.24. The third-order valence-corrected chi connectivity index (χ3v) is 4.52. The van der Waals surface area contributed by atoms with Crippen molar-refractivity contribution in [2.45, 2.75) is 4.90 Å². The van der Waals surface area contributed by atoms with Gasteiger partial charge in [0.1, 0.15) is 10.6 Å². The Morgan fingerprint density at radius 1 is 1.22 bits per heavy atom. The van der Waals surface area contributed by atoms with Crippen LogP contribution in [0.2, 0.25) is 5.02 Å². The maximum absolute atomic E-state index is 12.3. The van der Waals surface area contributed by atoms with Crippen LogP contribution in [0, 0.1) is 11.3 Å². The molecule has 0 aliphatic heterocycles. The minimum absolute atomic E-state index is 0.0184. The third kappa shape index (κ3) is 3.80. The molecule has 0 fully saturated rings. The Kier molecular flexibility index (Phi) is 4.89. The van der Waals surface area contributed by atoms with Gasteiger partial charge in [-0.1, -0.05) is 17.7 Å². The highest BCUT2D eigenvalue weighted by Gasteiger charge is 2.22. The molecule has 0 unspecified atom stereocenters. The predicted molar refractivity (Wildman–Crippen MR) is 81.8 cm³/mol. The van der Waals surface area contributed by atoms with E-state index >= 15 is 0 Å². The van der Waals surface area contributed by atoms with Crippen molar-refractivity contribution in [3.05, 3.63) is 58.6 Å². The van der Waals surface area contributed by atoms with Crippen LogP contribution < -0.4 is 4.18 Å². The molecule has 0 saturated heterocycles. The number of methoxy groups -OCH3 is 1. The lowest BCUT2D eigenvalue weighted by molar-refractivity contribution is 0.0600. The molecule has 0 N–H and O–H groups in total. The SMILES string of the molecule is COC(=O)c1ccc(Cl)c(S(=O)(=O)Oc2cccc(C#N)c2)c1. The van der Waals surface area contributed by atoms with Gasteiger partial charge in [0.15, 0.2) is 0 Å². The molecule has 0 radical (unpaired) electrons. The Balaban J connectivity index is 2.43. The Hall–Kier alpha value is -2.56. The van der Waals surface area contributed by atoms with Gasteiger partial charge in [-0.25, -0.2) is 4.79 Å². The standard InChI is InChI=1S/C15H10ClNO5S/c1-21-15(18)11-5-6-13(16)14(8-11)23(19,20)22-12-4-2-3-10(7-12)9-17/h2-8H,1H3. The zero-order chi connectivity index (χ0) is 17.0. The Labute approximate surface area is 138 Å². The first-order valence-electron chi connectivity index (χ1n) is 6.20. The molecular weight excluding hydrogens is 342 g/mol. The van der Waals surface area contributed by atoms with Crippen LogP contribution in [0.4, 0.5) is 0 Å². The summed E-state index contributed by atoms with van der Waals surface area (Å²) in [6, 6.07) is 11.2. The van der Waals surface area contributed by atoms with Crippen LogP contribution in [-0.2, 0) is 14.9 Å². The maximum Gasteiger partial charge on any atom is 0.340 e. The lowest BCUT2D eigenvalue weighted by atomic mass is 10.2. The number of nitrogens with zero attached hydrogens (tertiary/aromatic N) is 1. The summed E-state index contributed by atoms with van der Waals surface area (Å²) in [7, 11) is -3.11. The van der Waals surface area contributed by atoms with Gasteiger partial charge in [-0.3, -0.25) is 0 Å². The number of hydrogen-bond acceptors (Lipinski definition) is 6. The lowest BCUT2D eigenvalue weighted by Gasteiger charge is -2.09. The second kappa shape index (κ2) is 6.69. The zero-order valence-electron chi connectivity index (χ0n) is 11.8. The highest BCUT2D eigenvalue weighted by atomic mass is 35.5. The topological polar surface area (TPSA) is 93.5 Å². The Bertz CT molecular complexity index is 902. The van der Waals surface area contributed by atoms with Gasteiger partial charge in [-0.15, -0.1) is 0 Å². The molecule has 23 heavy (non-hydrogen) atoms. The smallest absolute Gasteiger partial charge is 0.340 e. The molecule has 2 aromatic carbocycles. The Morgan fingerprint density at radius 3 is 2.61 bits per heavy atom. The van der Waals surface area contributed by atoms with Crippen molar-refractivity contribution in [1.82, 2.24) is 0 Å². The molecule has 2 aromatic rings. The van der Waals surface area contributed by atoms with Crippen LogP contribution >= 0.6 is 11.6 Å². The van der Waals surface area contributed by atoms with Gasteiger partial charge in [0.2, 0.25) is 0 Å². The van der Waals surface area contributed by atoms with E-state index in [0.29, 0.717) is 0 Å². The summed E-state index contributed by atoms with van der Waals surface area (Å²) in [5, 5.41) is 8.72. The normalized spacial score (nSPS) is 10.7. The first-order valence-corrected chi connectivity index (χ1v) is 7.98. The van der Waals surface area contributed by atoms with Gasteiger partial charge in [0.25, 0.3) is 0 Å². The minimum Gasteiger partial charge on any atom is -0.465 e. The van der Waals surface area contributed by atoms with E-state index in [1.54, 1.807) is 0 Å². The summed E-state index contributed by atoms with van der Waals surface area (Å²) in [6.45, 7) is 0. The fourth-order valence-corrected chi connectivity index (χ4v) is 3.15. The maximum atomic E-state index is 12.3. The molecule has 0 amide bonds. The quantitative estimate of drug-likeness (QED) is 0.621. The molecule has 8 heteroatoms. The van der Waals surface area contributed by atoms with E-state index in [0.717, 1.165) is 6.07 Å². The van der Waals surface area contributed by atoms with Crippen LogP contribution in [-0.4, -0.2) is 21.5 Å². The molecular formula is C15H10ClNO5S. The van der Waals surface area contributed by atoms with Crippen LogP contribution in [0.25, 0.3) is 0 Å². The molecule has 0 heterocycles. The van der Waals surface area contributed by atoms with Crippen molar-refractivity contribution in [3.8, 4) is 11.8 Å². The average molecular weight is 352 g/mol. The summed E-state index contributed by atoms with van der Waals surface area (Å²) in [4.78, 5) is 11.1. The molecule has 0 atom stereocenters. The predicted octanol–water partition coefficient (Wildman–Crippen LogP) is 2.77. The summed E-state index contributed by atoms with van der Waals surface area (Å²) in [6.07, 6.45) is 0. The summed E-state index contributed by atoms with van der Waals surface area (Å²) in [5.41, 5.74) is 0.261. The fourth-order valence-electron chi connectivity index (χ4n) is 1.73. The molecule has 0 aliphatic carbocycles. The largest absolute Gasteiger partial charge is 0.465 e. The summed E-state index contributed by atoms with van der Waals surface area (Å²) in [5.74, 6) is -0.742. The van der Waals surface area contributed by atoms with Gasteiger partial charge in [-0.2, -0.15) is 13.7 Å². The van der Waals surface area contributed by atoms with Crippen molar-refractivity contribution < 1.29 is 22.1 Å². The van der Waals surface area contributed by atoms with Crippen molar-refractivity contribution in [3.63, 3.8) is 0 Å². The first kappa shape index (κ1) is 16.8. The fraction of sp³-hybridized carbons (Fsp3) is 0.0667. The zero-order valence-corrected chi connectivity index (χ0v) is 13.4. The molecule has 118 valence electrons. The molecule has 0 saturated carbocycles. The van der Waals surface area contributed by atoms with E-state index in [4.69, 9.17) is 21.0 Å². The van der Waals surface area contributed by atoms with E-state index in [-0.39, 0.29) is 26.8 Å². The highest BCUT2D eigenvalue weighted by molar-refractivity contribution is 7.87. The van der Waals surface area contributed by atoms with E-state index < -0.39 is 16.1 Å². The first-order chi connectivity index (χ1) is 10.9. The number of esters is 1. The van der Waals surface area contributed by atoms with E-state index in [2.05, 4.69) is 4.74 Å². The van der Waals surface area contributed by atoms with Crippen molar-refractivity contribution in [2.75, 3.05) is 7.11 Å². The molecule has 0 aliphatic rings. The number of carbonyl (C=O) groups is 1. The molecule has 0 aromatic heterocycles. The van der Waals surface area contributed by atoms with Crippen LogP contribution in [0.15, 0.2) is 47.4 Å². The monoisotopic (exact) mass is 351 g/mol. The van der Waals surface area contributed by atoms with E-state index in [1.165, 1.54) is 43.5 Å². The second-order valence-electron chi connectivity index (χ2n) is 4.31. The number of ether oxygens (including phenoxy) is 1. The van der Waals surface area contributed by atoms with Gasteiger partial charge < -0.3 is 8.92 Å². The summed E-state index contributed by atoms with van der Waals surface area (Å²) >= 11 is 5.89. The molecule has 0 spiro atoms. The van der Waals surface area contributed by atoms with E-state index in [9.17, 15) is 13.2 Å². The highest BCUT2D eigenvalue weighted by Crippen LogP contribution is 2.26. The number of rotatable bonds is 4. The van der Waals surface area contributed by atoms with Gasteiger partial charge >= 0.3 is 16.1 Å². The number of hydrogen-bond donors (Lipinski definition) is 0. The van der Waals surface area contributed by atoms with Crippen LogP contribution in [0.3, 0.4) is 0 Å². The Morgan fingerprint density at radius 2 is 1.96 bits per heavy atom. The minimum atomic E-state index is -4.28. The van der Waals surface area contributed by atoms with Crippen molar-refractivity contribution in [2.24, 2.45) is 0 Å². The van der Waals surface area contributed by atoms with Gasteiger partial charge in [-0.05, 0) is 36.4 Å². The number of benzene rings is 2. The summed E-state index contributed by atoms with van der Waals surface area (Å²) < 4.78 is 34.2. The van der Waals surface area contributed by atoms with Gasteiger partial charge in [0.05, 0.1) is 29.3 Å². The van der Waals surface area contributed by atoms with Crippen LogP contribution in [0.1, 0.15) is 15.9 Å². The number of halogens is 1. The van der Waals surface area contributed by atoms with Crippen LogP contribution in [0.5, 0.6) is 5.75 Å². The van der Waals surface area contributed by atoms with E-state index in [1.807, 2.05) is 6.07 Å². The van der Waals surface area contributed by atoms with Gasteiger partial charge in [0, 0.05) is 0 Å². The number of carbonyl (C=O) groups excluding carboxylic acids is 1. The lowest BCUT2D eigenvalue weighted by Crippen LogP contribution is -2.12. The third-order valence-electron chi connectivity index (χ3n) is 2.79. The molecule has 2 rings (SSSR count). The van der Waals surface area contributed by atoms with Crippen molar-refractivity contribution in [1.29, 1.82) is 5.26 Å². The number of nitriles is 1. The van der Waals surface area contributed by atoms with Crippen molar-refractivity contribution >= 4 is 27.7 Å². The average Bonchev–Trinajstić information content (AvgIpc) is 2.54. The molecule has 0 bridgehead atoms.